The van der Waals surface area contributed by atoms with Gasteiger partial charge in [0.25, 0.3) is 0 Å². The topological polar surface area (TPSA) is 49.4 Å². The maximum absolute atomic E-state index is 13.7. The van der Waals surface area contributed by atoms with Gasteiger partial charge in [-0.1, -0.05) is 41.9 Å². The molecule has 3 rings (SSSR count). The van der Waals surface area contributed by atoms with E-state index in [2.05, 4.69) is 5.32 Å². The van der Waals surface area contributed by atoms with Gasteiger partial charge in [-0.25, -0.2) is 4.39 Å². The lowest BCUT2D eigenvalue weighted by molar-refractivity contribution is -0.130. The van der Waals surface area contributed by atoms with Crippen LogP contribution in [0.25, 0.3) is 0 Å². The Balaban J connectivity index is 1.40. The van der Waals surface area contributed by atoms with Crippen molar-refractivity contribution in [3.05, 3.63) is 70.5 Å². The second-order valence-electron chi connectivity index (χ2n) is 7.08. The first-order valence-corrected chi connectivity index (χ1v) is 9.94. The number of aryl methyl sites for hydroxylation is 1. The summed E-state index contributed by atoms with van der Waals surface area (Å²) in [7, 11) is 0. The molecular formula is C22H24ClFN2O2. The van der Waals surface area contributed by atoms with E-state index in [0.29, 0.717) is 43.1 Å². The number of hydrogen-bond acceptors (Lipinski definition) is 2. The molecule has 148 valence electrons. The van der Waals surface area contributed by atoms with Gasteiger partial charge < -0.3 is 10.2 Å². The zero-order valence-electron chi connectivity index (χ0n) is 15.7. The number of hydrogen-bond donors (Lipinski definition) is 1. The van der Waals surface area contributed by atoms with Gasteiger partial charge in [0.2, 0.25) is 11.8 Å². The second-order valence-corrected chi connectivity index (χ2v) is 7.52. The zero-order chi connectivity index (χ0) is 19.9. The van der Waals surface area contributed by atoms with Crippen molar-refractivity contribution in [2.24, 2.45) is 5.92 Å². The molecule has 0 spiro atoms. The summed E-state index contributed by atoms with van der Waals surface area (Å²) in [6, 6.07) is 14.1. The van der Waals surface area contributed by atoms with E-state index < -0.39 is 0 Å². The summed E-state index contributed by atoms with van der Waals surface area (Å²) in [4.78, 5) is 26.5. The van der Waals surface area contributed by atoms with Crippen LogP contribution in [0.5, 0.6) is 0 Å². The smallest absolute Gasteiger partial charge is 0.224 e. The number of likely N-dealkylation sites (tertiary alicyclic amines) is 1. The molecule has 0 aliphatic carbocycles. The van der Waals surface area contributed by atoms with E-state index in [-0.39, 0.29) is 30.0 Å². The third-order valence-electron chi connectivity index (χ3n) is 5.10. The molecule has 28 heavy (non-hydrogen) atoms. The van der Waals surface area contributed by atoms with E-state index in [9.17, 15) is 14.0 Å². The van der Waals surface area contributed by atoms with E-state index in [4.69, 9.17) is 11.6 Å². The summed E-state index contributed by atoms with van der Waals surface area (Å²) in [5.41, 5.74) is 1.66. The first-order chi connectivity index (χ1) is 13.5. The fourth-order valence-electron chi connectivity index (χ4n) is 3.43. The minimum Gasteiger partial charge on any atom is -0.355 e. The molecule has 0 saturated carbocycles. The average molecular weight is 403 g/mol. The van der Waals surface area contributed by atoms with Crippen LogP contribution < -0.4 is 5.32 Å². The van der Waals surface area contributed by atoms with Gasteiger partial charge in [0.1, 0.15) is 5.82 Å². The molecule has 1 saturated heterocycles. The van der Waals surface area contributed by atoms with Gasteiger partial charge in [-0.15, -0.1) is 0 Å². The summed E-state index contributed by atoms with van der Waals surface area (Å²) in [6.07, 6.45) is 2.03. The van der Waals surface area contributed by atoms with Crippen LogP contribution in [-0.4, -0.2) is 36.3 Å². The van der Waals surface area contributed by atoms with Crippen molar-refractivity contribution >= 4 is 23.4 Å². The number of nitrogens with one attached hydrogen (secondary N) is 1. The molecular weight excluding hydrogens is 379 g/mol. The SMILES string of the molecule is O=C(NCCc1ccc(Cl)cc1)[C@H]1CCN(C(=O)CCc2ccccc2F)C1. The number of rotatable bonds is 7. The molecule has 1 N–H and O–H groups in total. The van der Waals surface area contributed by atoms with Crippen molar-refractivity contribution in [1.82, 2.24) is 10.2 Å². The van der Waals surface area contributed by atoms with Crippen LogP contribution in [0.1, 0.15) is 24.0 Å². The number of benzene rings is 2. The van der Waals surface area contributed by atoms with Crippen LogP contribution in [-0.2, 0) is 22.4 Å². The normalized spacial score (nSPS) is 16.2. The van der Waals surface area contributed by atoms with E-state index in [1.54, 1.807) is 23.1 Å². The van der Waals surface area contributed by atoms with Gasteiger partial charge in [0.15, 0.2) is 0 Å². The number of halogens is 2. The summed E-state index contributed by atoms with van der Waals surface area (Å²) < 4.78 is 13.7. The Kier molecular flexibility index (Phi) is 7.04. The zero-order valence-corrected chi connectivity index (χ0v) is 16.4. The van der Waals surface area contributed by atoms with Crippen LogP contribution in [0.2, 0.25) is 5.02 Å². The van der Waals surface area contributed by atoms with Gasteiger partial charge in [-0.3, -0.25) is 9.59 Å². The summed E-state index contributed by atoms with van der Waals surface area (Å²) in [5.74, 6) is -0.504. The molecule has 0 unspecified atom stereocenters. The van der Waals surface area contributed by atoms with Crippen LogP contribution in [0, 0.1) is 11.7 Å². The molecule has 0 bridgehead atoms. The molecule has 1 aliphatic heterocycles. The van der Waals surface area contributed by atoms with Crippen molar-refractivity contribution in [2.45, 2.75) is 25.7 Å². The predicted octanol–water partition coefficient (Wildman–Crippen LogP) is 3.62. The highest BCUT2D eigenvalue weighted by molar-refractivity contribution is 6.30. The largest absolute Gasteiger partial charge is 0.355 e. The lowest BCUT2D eigenvalue weighted by atomic mass is 10.1. The van der Waals surface area contributed by atoms with E-state index in [0.717, 1.165) is 12.0 Å². The maximum Gasteiger partial charge on any atom is 0.224 e. The predicted molar refractivity (Wildman–Crippen MR) is 108 cm³/mol. The molecule has 0 aromatic heterocycles. The maximum atomic E-state index is 13.7. The second kappa shape index (κ2) is 9.69. The van der Waals surface area contributed by atoms with Crippen LogP contribution in [0.15, 0.2) is 48.5 Å². The van der Waals surface area contributed by atoms with Gasteiger partial charge in [0.05, 0.1) is 5.92 Å². The van der Waals surface area contributed by atoms with Gasteiger partial charge in [-0.05, 0) is 48.6 Å². The molecule has 2 amide bonds. The molecule has 2 aromatic carbocycles. The quantitative estimate of drug-likeness (QED) is 0.769. The highest BCUT2D eigenvalue weighted by Crippen LogP contribution is 2.18. The van der Waals surface area contributed by atoms with E-state index in [1.807, 2.05) is 24.3 Å². The van der Waals surface area contributed by atoms with E-state index >= 15 is 0 Å². The number of carbonyl (C=O) groups is 2. The Morgan fingerprint density at radius 2 is 1.86 bits per heavy atom. The van der Waals surface area contributed by atoms with Gasteiger partial charge in [-0.2, -0.15) is 0 Å². The van der Waals surface area contributed by atoms with Crippen molar-refractivity contribution in [1.29, 1.82) is 0 Å². The molecule has 2 aromatic rings. The molecule has 1 heterocycles. The Bertz CT molecular complexity index is 826. The van der Waals surface area contributed by atoms with Crippen LogP contribution >= 0.6 is 11.6 Å². The molecule has 1 atom stereocenters. The highest BCUT2D eigenvalue weighted by atomic mass is 35.5. The summed E-state index contributed by atoms with van der Waals surface area (Å²) in [6.45, 7) is 1.56. The number of amides is 2. The Morgan fingerprint density at radius 1 is 1.11 bits per heavy atom. The summed E-state index contributed by atoms with van der Waals surface area (Å²) >= 11 is 5.87. The fourth-order valence-corrected chi connectivity index (χ4v) is 3.55. The molecule has 6 heteroatoms. The van der Waals surface area contributed by atoms with Crippen molar-refractivity contribution < 1.29 is 14.0 Å². The Labute approximate surface area is 169 Å². The van der Waals surface area contributed by atoms with Crippen LogP contribution in [0.3, 0.4) is 0 Å². The summed E-state index contributed by atoms with van der Waals surface area (Å²) in [5, 5.41) is 3.65. The lowest BCUT2D eigenvalue weighted by Crippen LogP contribution is -2.35. The monoisotopic (exact) mass is 402 g/mol. The first-order valence-electron chi connectivity index (χ1n) is 9.56. The average Bonchev–Trinajstić information content (AvgIpc) is 3.19. The molecule has 1 fully saturated rings. The number of carbonyl (C=O) groups excluding carboxylic acids is 2. The van der Waals surface area contributed by atoms with Gasteiger partial charge >= 0.3 is 0 Å². The first kappa shape index (κ1) is 20.3. The standard InChI is InChI=1S/C22H24ClFN2O2/c23-19-8-5-16(6-9-19)11-13-25-22(28)18-12-14-26(15-18)21(27)10-7-17-3-1-2-4-20(17)24/h1-6,8-9,18H,7,10-15H2,(H,25,28)/t18-/m0/s1. The minimum atomic E-state index is -0.283. The van der Waals surface area contributed by atoms with Crippen molar-refractivity contribution in [3.8, 4) is 0 Å². The Hall–Kier alpha value is -2.40. The third-order valence-corrected chi connectivity index (χ3v) is 5.36. The lowest BCUT2D eigenvalue weighted by Gasteiger charge is -2.16. The minimum absolute atomic E-state index is 0.0154. The number of nitrogens with zero attached hydrogens (tertiary/aromatic N) is 1. The molecule has 4 nitrogen and oxygen atoms in total. The van der Waals surface area contributed by atoms with E-state index in [1.165, 1.54) is 6.07 Å². The fraction of sp³-hybridized carbons (Fsp3) is 0.364. The third kappa shape index (κ3) is 5.55. The van der Waals surface area contributed by atoms with Gasteiger partial charge in [0, 0.05) is 31.1 Å². The van der Waals surface area contributed by atoms with Crippen LogP contribution in [0.4, 0.5) is 4.39 Å². The van der Waals surface area contributed by atoms with Crippen molar-refractivity contribution in [3.63, 3.8) is 0 Å². The Morgan fingerprint density at radius 3 is 2.61 bits per heavy atom. The van der Waals surface area contributed by atoms with Crippen molar-refractivity contribution in [2.75, 3.05) is 19.6 Å². The molecule has 1 aliphatic rings. The molecule has 0 radical (unpaired) electrons. The highest BCUT2D eigenvalue weighted by Gasteiger charge is 2.30.